The SMILES string of the molecule is O=C1CN(C(O)N2C(c3cccc(C(F)(F)F)c3)=NC(c3ccc(Cl)cc3)C2c2cccc(F)c2)CCN1. The highest BCUT2D eigenvalue weighted by Crippen LogP contribution is 2.45. The van der Waals surface area contributed by atoms with Crippen LogP contribution in [0.2, 0.25) is 5.02 Å². The average molecular weight is 547 g/mol. The van der Waals surface area contributed by atoms with Crippen molar-refractivity contribution < 1.29 is 27.5 Å². The predicted octanol–water partition coefficient (Wildman–Crippen LogP) is 4.75. The number of nitrogens with one attached hydrogen (secondary N) is 1. The Morgan fingerprint density at radius 2 is 1.76 bits per heavy atom. The van der Waals surface area contributed by atoms with Crippen LogP contribution in [0.5, 0.6) is 0 Å². The van der Waals surface area contributed by atoms with Crippen molar-refractivity contribution in [3.63, 3.8) is 0 Å². The summed E-state index contributed by atoms with van der Waals surface area (Å²) in [5.74, 6) is -0.732. The Labute approximate surface area is 221 Å². The Hall–Kier alpha value is -3.47. The van der Waals surface area contributed by atoms with E-state index in [1.807, 2.05) is 0 Å². The van der Waals surface area contributed by atoms with Gasteiger partial charge >= 0.3 is 6.18 Å². The van der Waals surface area contributed by atoms with Crippen molar-refractivity contribution >= 4 is 23.3 Å². The van der Waals surface area contributed by atoms with Crippen molar-refractivity contribution in [1.29, 1.82) is 0 Å². The number of aliphatic imine (C=N–C) groups is 1. The Kier molecular flexibility index (Phi) is 7.13. The maximum atomic E-state index is 14.4. The molecule has 6 nitrogen and oxygen atoms in total. The molecule has 0 saturated carbocycles. The Balaban J connectivity index is 1.68. The standard InChI is InChI=1S/C27H23ClF4N4O2/c28-20-9-7-16(8-10-20)23-24(17-3-2-6-21(29)14-17)36(26(38)35-12-11-33-22(37)15-35)25(34-23)18-4-1-5-19(13-18)27(30,31)32/h1-10,13-14,23-24,26,38H,11-12,15H2,(H,33,37). The molecule has 3 atom stereocenters. The van der Waals surface area contributed by atoms with Gasteiger partial charge in [0.1, 0.15) is 17.7 Å². The van der Waals surface area contributed by atoms with Crippen LogP contribution in [0.25, 0.3) is 0 Å². The smallest absolute Gasteiger partial charge is 0.361 e. The summed E-state index contributed by atoms with van der Waals surface area (Å²) >= 11 is 6.08. The number of carbonyl (C=O) groups is 1. The molecule has 3 unspecified atom stereocenters. The summed E-state index contributed by atoms with van der Waals surface area (Å²) in [5, 5.41) is 14.8. The maximum Gasteiger partial charge on any atom is 0.416 e. The maximum absolute atomic E-state index is 14.4. The molecule has 0 aromatic heterocycles. The van der Waals surface area contributed by atoms with E-state index in [2.05, 4.69) is 5.32 Å². The molecule has 0 radical (unpaired) electrons. The molecule has 5 rings (SSSR count). The topological polar surface area (TPSA) is 68.2 Å². The number of benzene rings is 3. The number of amidine groups is 1. The van der Waals surface area contributed by atoms with Gasteiger partial charge in [-0.15, -0.1) is 0 Å². The summed E-state index contributed by atoms with van der Waals surface area (Å²) in [6.45, 7) is 0.445. The van der Waals surface area contributed by atoms with Crippen molar-refractivity contribution in [2.24, 2.45) is 4.99 Å². The van der Waals surface area contributed by atoms with Crippen LogP contribution in [0.15, 0.2) is 77.8 Å². The average Bonchev–Trinajstić information content (AvgIpc) is 3.29. The summed E-state index contributed by atoms with van der Waals surface area (Å²) < 4.78 is 55.2. The summed E-state index contributed by atoms with van der Waals surface area (Å²) in [6.07, 6.45) is -6.04. The zero-order valence-corrected chi connectivity index (χ0v) is 20.6. The van der Waals surface area contributed by atoms with Crippen molar-refractivity contribution in [3.05, 3.63) is 106 Å². The molecule has 0 aliphatic carbocycles. The van der Waals surface area contributed by atoms with Gasteiger partial charge in [-0.25, -0.2) is 9.29 Å². The highest BCUT2D eigenvalue weighted by atomic mass is 35.5. The minimum atomic E-state index is -4.60. The highest BCUT2D eigenvalue weighted by Gasteiger charge is 2.44. The number of piperazine rings is 1. The van der Waals surface area contributed by atoms with Gasteiger partial charge in [0.25, 0.3) is 0 Å². The van der Waals surface area contributed by atoms with Crippen LogP contribution in [0, 0.1) is 5.82 Å². The third-order valence-corrected chi connectivity index (χ3v) is 6.85. The zero-order chi connectivity index (χ0) is 27.0. The minimum Gasteiger partial charge on any atom is -0.361 e. The minimum absolute atomic E-state index is 0.0868. The van der Waals surface area contributed by atoms with E-state index < -0.39 is 36.0 Å². The number of carbonyl (C=O) groups excluding carboxylic acids is 1. The first-order chi connectivity index (χ1) is 18.1. The molecule has 0 spiro atoms. The van der Waals surface area contributed by atoms with Crippen LogP contribution in [0.3, 0.4) is 0 Å². The van der Waals surface area contributed by atoms with Gasteiger partial charge in [0.2, 0.25) is 5.91 Å². The molecule has 11 heteroatoms. The molecule has 2 aliphatic rings. The van der Waals surface area contributed by atoms with Crippen molar-refractivity contribution in [3.8, 4) is 0 Å². The molecule has 3 aromatic rings. The first-order valence-electron chi connectivity index (χ1n) is 11.9. The Bertz CT molecular complexity index is 1370. The van der Waals surface area contributed by atoms with E-state index in [1.165, 1.54) is 40.1 Å². The second-order valence-electron chi connectivity index (χ2n) is 9.10. The van der Waals surface area contributed by atoms with Crippen LogP contribution in [0.1, 0.15) is 34.3 Å². The van der Waals surface area contributed by atoms with Gasteiger partial charge in [0.05, 0.1) is 18.2 Å². The van der Waals surface area contributed by atoms with Crippen molar-refractivity contribution in [1.82, 2.24) is 15.1 Å². The fourth-order valence-corrected chi connectivity index (χ4v) is 4.97. The van der Waals surface area contributed by atoms with Crippen LogP contribution in [0.4, 0.5) is 17.6 Å². The monoisotopic (exact) mass is 546 g/mol. The van der Waals surface area contributed by atoms with E-state index in [-0.39, 0.29) is 30.4 Å². The number of hydrogen-bond donors (Lipinski definition) is 2. The molecule has 38 heavy (non-hydrogen) atoms. The third kappa shape index (κ3) is 5.24. The lowest BCUT2D eigenvalue weighted by Crippen LogP contribution is -2.58. The molecule has 2 heterocycles. The second kappa shape index (κ2) is 10.4. The number of halogens is 5. The fourth-order valence-electron chi connectivity index (χ4n) is 4.85. The molecule has 1 amide bonds. The quantitative estimate of drug-likeness (QED) is 0.453. The van der Waals surface area contributed by atoms with Gasteiger partial charge in [-0.2, -0.15) is 13.2 Å². The number of aliphatic hydroxyl groups is 1. The van der Waals surface area contributed by atoms with E-state index in [0.29, 0.717) is 22.7 Å². The van der Waals surface area contributed by atoms with Crippen LogP contribution in [-0.4, -0.2) is 52.6 Å². The molecule has 3 aromatic carbocycles. The number of hydrogen-bond acceptors (Lipinski definition) is 5. The molecule has 1 fully saturated rings. The summed E-state index contributed by atoms with van der Waals surface area (Å²) in [6, 6.07) is 15.7. The van der Waals surface area contributed by atoms with E-state index >= 15 is 0 Å². The van der Waals surface area contributed by atoms with Crippen LogP contribution >= 0.6 is 11.6 Å². The number of aliphatic hydroxyl groups excluding tert-OH is 1. The van der Waals surface area contributed by atoms with Gasteiger partial charge in [0.15, 0.2) is 6.35 Å². The van der Waals surface area contributed by atoms with E-state index in [1.54, 1.807) is 30.3 Å². The first-order valence-corrected chi connectivity index (χ1v) is 12.2. The molecule has 0 bridgehead atoms. The Morgan fingerprint density at radius 3 is 2.45 bits per heavy atom. The molecule has 2 N–H and O–H groups in total. The second-order valence-corrected chi connectivity index (χ2v) is 9.54. The largest absolute Gasteiger partial charge is 0.416 e. The summed E-state index contributed by atoms with van der Waals surface area (Å²) in [5.41, 5.74) is 0.371. The normalized spacial score (nSPS) is 21.3. The number of amides is 1. The van der Waals surface area contributed by atoms with E-state index in [0.717, 1.165) is 12.1 Å². The van der Waals surface area contributed by atoms with Crippen molar-refractivity contribution in [2.45, 2.75) is 24.6 Å². The Morgan fingerprint density at radius 1 is 1.03 bits per heavy atom. The zero-order valence-electron chi connectivity index (χ0n) is 19.9. The summed E-state index contributed by atoms with van der Waals surface area (Å²) in [7, 11) is 0. The van der Waals surface area contributed by atoms with E-state index in [4.69, 9.17) is 16.6 Å². The number of rotatable bonds is 5. The molecule has 1 saturated heterocycles. The first kappa shape index (κ1) is 26.1. The van der Waals surface area contributed by atoms with Gasteiger partial charge in [0, 0.05) is 23.7 Å². The van der Waals surface area contributed by atoms with Gasteiger partial charge < -0.3 is 15.3 Å². The lowest BCUT2D eigenvalue weighted by molar-refractivity contribution is -0.138. The molecule has 2 aliphatic heterocycles. The predicted molar refractivity (Wildman–Crippen MR) is 134 cm³/mol. The third-order valence-electron chi connectivity index (χ3n) is 6.60. The van der Waals surface area contributed by atoms with Gasteiger partial charge in [-0.05, 0) is 47.5 Å². The molecular formula is C27H23ClF4N4O2. The number of alkyl halides is 3. The van der Waals surface area contributed by atoms with Crippen LogP contribution < -0.4 is 5.32 Å². The van der Waals surface area contributed by atoms with Crippen molar-refractivity contribution in [2.75, 3.05) is 19.6 Å². The molecular weight excluding hydrogens is 524 g/mol. The van der Waals surface area contributed by atoms with Gasteiger partial charge in [-0.3, -0.25) is 9.79 Å². The lowest BCUT2D eigenvalue weighted by Gasteiger charge is -2.41. The lowest BCUT2D eigenvalue weighted by atomic mass is 9.93. The fraction of sp³-hybridized carbons (Fsp3) is 0.259. The van der Waals surface area contributed by atoms with Gasteiger partial charge in [-0.1, -0.05) is 48.0 Å². The molecule has 198 valence electrons. The summed E-state index contributed by atoms with van der Waals surface area (Å²) in [4.78, 5) is 19.9. The van der Waals surface area contributed by atoms with E-state index in [9.17, 15) is 27.5 Å². The highest BCUT2D eigenvalue weighted by molar-refractivity contribution is 6.30. The van der Waals surface area contributed by atoms with Crippen LogP contribution in [-0.2, 0) is 11.0 Å². The number of nitrogens with zero attached hydrogens (tertiary/aromatic N) is 3.